The highest BCUT2D eigenvalue weighted by molar-refractivity contribution is 7.91. The summed E-state index contributed by atoms with van der Waals surface area (Å²) in [6.45, 7) is 6.19. The number of halogens is 1. The minimum atomic E-state index is -3.44. The molecular formula is C22H31ClN2O2S. The van der Waals surface area contributed by atoms with Crippen LogP contribution in [0.4, 0.5) is 0 Å². The highest BCUT2D eigenvalue weighted by atomic mass is 35.5. The standard InChI is InChI=1S/C22H30N2O2S.ClH/c1-18-3-7-21(8-4-18)27(25,26)22-9-5-20(6-10-22)17-24-15-12-19(13-16-24)11-14-23-2;/h3-10,19,23H,11-17H2,1-2H3;1H. The van der Waals surface area contributed by atoms with Gasteiger partial charge in [0.15, 0.2) is 0 Å². The van der Waals surface area contributed by atoms with Gasteiger partial charge in [0.05, 0.1) is 9.79 Å². The van der Waals surface area contributed by atoms with Crippen LogP contribution in [0.1, 0.15) is 30.4 Å². The monoisotopic (exact) mass is 422 g/mol. The number of hydrogen-bond acceptors (Lipinski definition) is 4. The predicted octanol–water partition coefficient (Wildman–Crippen LogP) is 4.07. The molecule has 1 fully saturated rings. The first-order chi connectivity index (χ1) is 13.0. The lowest BCUT2D eigenvalue weighted by Crippen LogP contribution is -2.34. The van der Waals surface area contributed by atoms with Crippen LogP contribution in [-0.2, 0) is 16.4 Å². The van der Waals surface area contributed by atoms with Gasteiger partial charge in [0.2, 0.25) is 9.84 Å². The summed E-state index contributed by atoms with van der Waals surface area (Å²) in [6.07, 6.45) is 3.76. The summed E-state index contributed by atoms with van der Waals surface area (Å²) in [4.78, 5) is 3.18. The summed E-state index contributed by atoms with van der Waals surface area (Å²) in [5.74, 6) is 0.829. The molecule has 0 aliphatic carbocycles. The van der Waals surface area contributed by atoms with Crippen molar-refractivity contribution < 1.29 is 8.42 Å². The van der Waals surface area contributed by atoms with Crippen molar-refractivity contribution in [1.82, 2.24) is 10.2 Å². The third kappa shape index (κ3) is 5.80. The van der Waals surface area contributed by atoms with E-state index in [1.54, 1.807) is 24.3 Å². The van der Waals surface area contributed by atoms with Gasteiger partial charge in [0, 0.05) is 6.54 Å². The van der Waals surface area contributed by atoms with E-state index in [1.807, 2.05) is 38.2 Å². The molecule has 28 heavy (non-hydrogen) atoms. The average Bonchev–Trinajstić information content (AvgIpc) is 2.68. The molecule has 6 heteroatoms. The molecule has 0 radical (unpaired) electrons. The maximum atomic E-state index is 12.8. The molecule has 4 nitrogen and oxygen atoms in total. The van der Waals surface area contributed by atoms with E-state index in [2.05, 4.69) is 10.2 Å². The van der Waals surface area contributed by atoms with Crippen LogP contribution in [0.5, 0.6) is 0 Å². The van der Waals surface area contributed by atoms with Crippen molar-refractivity contribution in [1.29, 1.82) is 0 Å². The number of benzene rings is 2. The molecule has 1 N–H and O–H groups in total. The van der Waals surface area contributed by atoms with Crippen molar-refractivity contribution in [2.75, 3.05) is 26.7 Å². The number of nitrogens with one attached hydrogen (secondary N) is 1. The van der Waals surface area contributed by atoms with Crippen LogP contribution in [-0.4, -0.2) is 40.0 Å². The minimum absolute atomic E-state index is 0. The zero-order valence-corrected chi connectivity index (χ0v) is 18.4. The molecule has 1 heterocycles. The van der Waals surface area contributed by atoms with Crippen LogP contribution >= 0.6 is 12.4 Å². The maximum absolute atomic E-state index is 12.8. The SMILES string of the molecule is CNCCC1CCN(Cc2ccc(S(=O)(=O)c3ccc(C)cc3)cc2)CC1.Cl. The van der Waals surface area contributed by atoms with E-state index in [9.17, 15) is 8.42 Å². The second-order valence-corrected chi connectivity index (χ2v) is 9.52. The van der Waals surface area contributed by atoms with Gasteiger partial charge >= 0.3 is 0 Å². The summed E-state index contributed by atoms with van der Waals surface area (Å²) < 4.78 is 25.5. The molecule has 2 aromatic carbocycles. The van der Waals surface area contributed by atoms with Crippen molar-refractivity contribution in [3.63, 3.8) is 0 Å². The molecule has 0 bridgehead atoms. The fourth-order valence-corrected chi connectivity index (χ4v) is 4.93. The number of hydrogen-bond donors (Lipinski definition) is 1. The van der Waals surface area contributed by atoms with Gasteiger partial charge in [-0.25, -0.2) is 8.42 Å². The molecule has 1 saturated heterocycles. The molecule has 154 valence electrons. The van der Waals surface area contributed by atoms with Gasteiger partial charge in [-0.05, 0) is 88.6 Å². The Balaban J connectivity index is 0.00000280. The Labute approximate surface area is 175 Å². The van der Waals surface area contributed by atoms with Crippen molar-refractivity contribution in [2.45, 2.75) is 42.5 Å². The first-order valence-corrected chi connectivity index (χ1v) is 11.2. The van der Waals surface area contributed by atoms with Crippen LogP contribution in [0, 0.1) is 12.8 Å². The van der Waals surface area contributed by atoms with Gasteiger partial charge in [0.25, 0.3) is 0 Å². The Kier molecular flexibility index (Phi) is 8.50. The number of likely N-dealkylation sites (tertiary alicyclic amines) is 1. The Hall–Kier alpha value is -1.40. The molecule has 2 aromatic rings. The molecule has 0 atom stereocenters. The van der Waals surface area contributed by atoms with Crippen molar-refractivity contribution in [2.24, 2.45) is 5.92 Å². The van der Waals surface area contributed by atoms with Crippen molar-refractivity contribution in [3.05, 3.63) is 59.7 Å². The summed E-state index contributed by atoms with van der Waals surface area (Å²) in [6, 6.07) is 14.4. The molecule has 0 spiro atoms. The lowest BCUT2D eigenvalue weighted by Gasteiger charge is -2.32. The summed E-state index contributed by atoms with van der Waals surface area (Å²) >= 11 is 0. The number of piperidine rings is 1. The molecule has 1 aliphatic heterocycles. The Morgan fingerprint density at radius 2 is 1.50 bits per heavy atom. The quantitative estimate of drug-likeness (QED) is 0.730. The lowest BCUT2D eigenvalue weighted by atomic mass is 9.93. The highest BCUT2D eigenvalue weighted by Gasteiger charge is 2.20. The third-order valence-electron chi connectivity index (χ3n) is 5.48. The fraction of sp³-hybridized carbons (Fsp3) is 0.455. The lowest BCUT2D eigenvalue weighted by molar-refractivity contribution is 0.172. The van der Waals surface area contributed by atoms with E-state index < -0.39 is 9.84 Å². The van der Waals surface area contributed by atoms with E-state index >= 15 is 0 Å². The second kappa shape index (κ2) is 10.4. The van der Waals surface area contributed by atoms with Crippen molar-refractivity contribution >= 4 is 22.2 Å². The molecular weight excluding hydrogens is 392 g/mol. The van der Waals surface area contributed by atoms with Gasteiger partial charge in [-0.15, -0.1) is 12.4 Å². The Bertz CT molecular complexity index is 828. The molecule has 3 rings (SSSR count). The largest absolute Gasteiger partial charge is 0.320 e. The van der Waals surface area contributed by atoms with E-state index in [0.29, 0.717) is 9.79 Å². The van der Waals surface area contributed by atoms with E-state index in [0.717, 1.165) is 37.7 Å². The number of aryl methyl sites for hydroxylation is 1. The Morgan fingerprint density at radius 3 is 2.04 bits per heavy atom. The van der Waals surface area contributed by atoms with Crippen LogP contribution in [0.25, 0.3) is 0 Å². The highest BCUT2D eigenvalue weighted by Crippen LogP contribution is 2.24. The smallest absolute Gasteiger partial charge is 0.206 e. The second-order valence-electron chi connectivity index (χ2n) is 7.57. The molecule has 0 unspecified atom stereocenters. The first kappa shape index (κ1) is 22.9. The molecule has 1 aliphatic rings. The fourth-order valence-electron chi connectivity index (χ4n) is 3.67. The molecule has 0 saturated carbocycles. The third-order valence-corrected chi connectivity index (χ3v) is 7.27. The van der Waals surface area contributed by atoms with Gasteiger partial charge in [-0.2, -0.15) is 0 Å². The number of sulfone groups is 1. The number of nitrogens with zero attached hydrogens (tertiary/aromatic N) is 1. The summed E-state index contributed by atoms with van der Waals surface area (Å²) in [5, 5.41) is 3.24. The Morgan fingerprint density at radius 1 is 0.964 bits per heavy atom. The zero-order chi connectivity index (χ0) is 19.3. The van der Waals surface area contributed by atoms with Gasteiger partial charge in [-0.3, -0.25) is 4.90 Å². The van der Waals surface area contributed by atoms with Gasteiger partial charge in [-0.1, -0.05) is 29.8 Å². The van der Waals surface area contributed by atoms with E-state index in [1.165, 1.54) is 24.8 Å². The predicted molar refractivity (Wildman–Crippen MR) is 117 cm³/mol. The van der Waals surface area contributed by atoms with Crippen molar-refractivity contribution in [3.8, 4) is 0 Å². The van der Waals surface area contributed by atoms with Gasteiger partial charge in [0.1, 0.15) is 0 Å². The molecule has 0 amide bonds. The maximum Gasteiger partial charge on any atom is 0.206 e. The van der Waals surface area contributed by atoms with Crippen LogP contribution < -0.4 is 5.32 Å². The van der Waals surface area contributed by atoms with E-state index in [-0.39, 0.29) is 12.4 Å². The van der Waals surface area contributed by atoms with E-state index in [4.69, 9.17) is 0 Å². The normalized spacial score (nSPS) is 15.9. The van der Waals surface area contributed by atoms with Gasteiger partial charge < -0.3 is 5.32 Å². The zero-order valence-electron chi connectivity index (χ0n) is 16.7. The number of rotatable bonds is 7. The topological polar surface area (TPSA) is 49.4 Å². The molecule has 0 aromatic heterocycles. The first-order valence-electron chi connectivity index (χ1n) is 9.76. The average molecular weight is 423 g/mol. The minimum Gasteiger partial charge on any atom is -0.320 e. The van der Waals surface area contributed by atoms with Crippen LogP contribution in [0.15, 0.2) is 58.3 Å². The van der Waals surface area contributed by atoms with Crippen LogP contribution in [0.3, 0.4) is 0 Å². The van der Waals surface area contributed by atoms with Crippen LogP contribution in [0.2, 0.25) is 0 Å². The summed E-state index contributed by atoms with van der Waals surface area (Å²) in [7, 11) is -1.43. The summed E-state index contributed by atoms with van der Waals surface area (Å²) in [5.41, 5.74) is 2.23.